The molecule has 8 heteroatoms. The van der Waals surface area contributed by atoms with Crippen LogP contribution in [0.4, 0.5) is 0 Å². The Morgan fingerprint density at radius 1 is 1.19 bits per heavy atom. The van der Waals surface area contributed by atoms with E-state index in [-0.39, 0.29) is 5.91 Å². The number of para-hydroxylation sites is 1. The summed E-state index contributed by atoms with van der Waals surface area (Å²) in [5.41, 5.74) is 6.70. The number of hydrogen-bond acceptors (Lipinski definition) is 5. The highest BCUT2D eigenvalue weighted by Crippen LogP contribution is 2.19. The number of carbonyl (C=O) groups is 1. The summed E-state index contributed by atoms with van der Waals surface area (Å²) in [4.78, 5) is 12.4. The largest absolute Gasteiger partial charge is 0.277 e. The molecule has 27 heavy (non-hydrogen) atoms. The summed E-state index contributed by atoms with van der Waals surface area (Å²) in [5, 5.41) is 19.2. The Labute approximate surface area is 154 Å². The summed E-state index contributed by atoms with van der Waals surface area (Å²) in [6.45, 7) is 1.75. The van der Waals surface area contributed by atoms with Crippen molar-refractivity contribution in [3.8, 4) is 11.3 Å². The van der Waals surface area contributed by atoms with Crippen LogP contribution in [-0.4, -0.2) is 37.3 Å². The van der Waals surface area contributed by atoms with Gasteiger partial charge in [0, 0.05) is 11.1 Å². The van der Waals surface area contributed by atoms with Crippen LogP contribution in [0.5, 0.6) is 0 Å². The van der Waals surface area contributed by atoms with Gasteiger partial charge in [0.2, 0.25) is 0 Å². The highest BCUT2D eigenvalue weighted by atomic mass is 16.2. The number of amides is 1. The summed E-state index contributed by atoms with van der Waals surface area (Å²) in [5.74, 6) is -0.286. The normalized spacial score (nSPS) is 12.5. The monoisotopic (exact) mass is 359 g/mol. The number of hydrogen-bond donors (Lipinski definition) is 2. The van der Waals surface area contributed by atoms with E-state index in [0.29, 0.717) is 0 Å². The molecule has 134 valence electrons. The fourth-order valence-electron chi connectivity index (χ4n) is 2.77. The molecule has 0 aliphatic heterocycles. The number of rotatable bonds is 5. The Balaban J connectivity index is 1.48. The number of hydrazone groups is 1. The van der Waals surface area contributed by atoms with Crippen LogP contribution in [0.2, 0.25) is 0 Å². The predicted molar refractivity (Wildman–Crippen MR) is 102 cm³/mol. The number of fused-ring (bicyclic) bond motifs is 1. The van der Waals surface area contributed by atoms with Crippen molar-refractivity contribution < 1.29 is 4.79 Å². The van der Waals surface area contributed by atoms with Gasteiger partial charge >= 0.3 is 0 Å². The molecule has 2 N–H and O–H groups in total. The molecule has 2 heterocycles. The summed E-state index contributed by atoms with van der Waals surface area (Å²) in [6.07, 6.45) is 3.22. The Morgan fingerprint density at radius 2 is 1.96 bits per heavy atom. The first kappa shape index (κ1) is 16.6. The van der Waals surface area contributed by atoms with Gasteiger partial charge in [0.1, 0.15) is 11.6 Å². The van der Waals surface area contributed by atoms with E-state index in [2.05, 4.69) is 31.0 Å². The maximum atomic E-state index is 12.4. The van der Waals surface area contributed by atoms with Gasteiger partial charge in [-0.1, -0.05) is 47.7 Å². The number of aromatic amines is 1. The van der Waals surface area contributed by atoms with Gasteiger partial charge in [-0.2, -0.15) is 10.2 Å². The SMILES string of the molecule is CC(C(=O)NN=Cc1cn[nH]c1-c1ccccc1)n1nnc2ccccc21. The van der Waals surface area contributed by atoms with Crippen molar-refractivity contribution in [3.63, 3.8) is 0 Å². The zero-order valence-electron chi connectivity index (χ0n) is 14.6. The van der Waals surface area contributed by atoms with E-state index < -0.39 is 6.04 Å². The van der Waals surface area contributed by atoms with E-state index in [1.807, 2.05) is 54.6 Å². The van der Waals surface area contributed by atoms with Crippen molar-refractivity contribution in [1.82, 2.24) is 30.6 Å². The first-order valence-electron chi connectivity index (χ1n) is 8.45. The topological polar surface area (TPSA) is 101 Å². The van der Waals surface area contributed by atoms with Gasteiger partial charge in [-0.15, -0.1) is 5.10 Å². The molecule has 0 aliphatic carbocycles. The number of nitrogens with zero attached hydrogens (tertiary/aromatic N) is 5. The zero-order chi connectivity index (χ0) is 18.6. The molecular weight excluding hydrogens is 342 g/mol. The highest BCUT2D eigenvalue weighted by Gasteiger charge is 2.18. The summed E-state index contributed by atoms with van der Waals surface area (Å²) < 4.78 is 1.58. The zero-order valence-corrected chi connectivity index (χ0v) is 14.6. The number of carbonyl (C=O) groups excluding carboxylic acids is 1. The maximum Gasteiger partial charge on any atom is 0.264 e. The molecule has 1 unspecified atom stereocenters. The van der Waals surface area contributed by atoms with Crippen LogP contribution in [0.15, 0.2) is 65.9 Å². The molecule has 2 aromatic carbocycles. The average Bonchev–Trinajstić information content (AvgIpc) is 3.35. The molecule has 0 bridgehead atoms. The third-order valence-corrected chi connectivity index (χ3v) is 4.23. The molecule has 0 aliphatic rings. The van der Waals surface area contributed by atoms with E-state index in [4.69, 9.17) is 0 Å². The Bertz CT molecular complexity index is 1100. The molecule has 0 saturated carbocycles. The van der Waals surface area contributed by atoms with Crippen LogP contribution in [0.3, 0.4) is 0 Å². The molecule has 0 fully saturated rings. The molecule has 4 aromatic rings. The van der Waals surface area contributed by atoms with Gasteiger partial charge in [-0.3, -0.25) is 9.89 Å². The second-order valence-corrected chi connectivity index (χ2v) is 6.00. The fraction of sp³-hybridized carbons (Fsp3) is 0.105. The predicted octanol–water partition coefficient (Wildman–Crippen LogP) is 2.53. The second kappa shape index (κ2) is 7.20. The first-order chi connectivity index (χ1) is 13.2. The lowest BCUT2D eigenvalue weighted by Crippen LogP contribution is -2.28. The highest BCUT2D eigenvalue weighted by molar-refractivity contribution is 5.90. The lowest BCUT2D eigenvalue weighted by Gasteiger charge is -2.10. The minimum absolute atomic E-state index is 0.286. The quantitative estimate of drug-likeness (QED) is 0.422. The molecular formula is C19H17N7O. The molecule has 0 saturated heterocycles. The smallest absolute Gasteiger partial charge is 0.264 e. The number of H-pyrrole nitrogens is 1. The van der Waals surface area contributed by atoms with Gasteiger partial charge in [0.15, 0.2) is 0 Å². The van der Waals surface area contributed by atoms with Crippen LogP contribution in [-0.2, 0) is 4.79 Å². The lowest BCUT2D eigenvalue weighted by molar-refractivity contribution is -0.124. The average molecular weight is 359 g/mol. The first-order valence-corrected chi connectivity index (χ1v) is 8.45. The molecule has 0 spiro atoms. The Morgan fingerprint density at radius 3 is 2.81 bits per heavy atom. The third kappa shape index (κ3) is 3.32. The lowest BCUT2D eigenvalue weighted by atomic mass is 10.1. The minimum atomic E-state index is -0.549. The molecule has 8 nitrogen and oxygen atoms in total. The number of aromatic nitrogens is 5. The van der Waals surface area contributed by atoms with Crippen LogP contribution in [0.25, 0.3) is 22.3 Å². The van der Waals surface area contributed by atoms with Crippen LogP contribution in [0.1, 0.15) is 18.5 Å². The Kier molecular flexibility index (Phi) is 4.44. The van der Waals surface area contributed by atoms with Gasteiger partial charge < -0.3 is 0 Å². The molecule has 1 amide bonds. The fourth-order valence-corrected chi connectivity index (χ4v) is 2.77. The van der Waals surface area contributed by atoms with Crippen molar-refractivity contribution in [1.29, 1.82) is 0 Å². The van der Waals surface area contributed by atoms with Crippen molar-refractivity contribution in [2.75, 3.05) is 0 Å². The van der Waals surface area contributed by atoms with Gasteiger partial charge in [0.25, 0.3) is 5.91 Å². The van der Waals surface area contributed by atoms with Crippen LogP contribution >= 0.6 is 0 Å². The molecule has 4 rings (SSSR count). The second-order valence-electron chi connectivity index (χ2n) is 6.00. The molecule has 2 aromatic heterocycles. The van der Waals surface area contributed by atoms with Crippen molar-refractivity contribution in [2.45, 2.75) is 13.0 Å². The van der Waals surface area contributed by atoms with Gasteiger partial charge in [0.05, 0.1) is 23.6 Å². The number of benzene rings is 2. The van der Waals surface area contributed by atoms with Gasteiger partial charge in [-0.05, 0) is 19.1 Å². The van der Waals surface area contributed by atoms with Gasteiger partial charge in [-0.25, -0.2) is 10.1 Å². The van der Waals surface area contributed by atoms with E-state index >= 15 is 0 Å². The van der Waals surface area contributed by atoms with E-state index in [1.54, 1.807) is 24.0 Å². The number of nitrogens with one attached hydrogen (secondary N) is 2. The standard InChI is InChI=1S/C19H17N7O/c1-13(26-17-10-6-5-9-16(17)22-25-26)19(27)24-21-12-15-11-20-23-18(15)14-7-3-2-4-8-14/h2-13H,1H3,(H,20,23)(H,24,27). The van der Waals surface area contributed by atoms with E-state index in [9.17, 15) is 4.79 Å². The van der Waals surface area contributed by atoms with E-state index in [0.717, 1.165) is 27.9 Å². The van der Waals surface area contributed by atoms with E-state index in [1.165, 1.54) is 0 Å². The van der Waals surface area contributed by atoms with Crippen LogP contribution < -0.4 is 5.43 Å². The van der Waals surface area contributed by atoms with Crippen molar-refractivity contribution in [3.05, 3.63) is 66.4 Å². The molecule has 1 atom stereocenters. The van der Waals surface area contributed by atoms with Crippen molar-refractivity contribution >= 4 is 23.2 Å². The summed E-state index contributed by atoms with van der Waals surface area (Å²) >= 11 is 0. The Hall–Kier alpha value is -3.81. The van der Waals surface area contributed by atoms with Crippen molar-refractivity contribution in [2.24, 2.45) is 5.10 Å². The maximum absolute atomic E-state index is 12.4. The summed E-state index contributed by atoms with van der Waals surface area (Å²) in [6, 6.07) is 16.7. The van der Waals surface area contributed by atoms with Crippen LogP contribution in [0, 0.1) is 0 Å². The third-order valence-electron chi connectivity index (χ3n) is 4.23. The minimum Gasteiger partial charge on any atom is -0.277 e. The summed E-state index contributed by atoms with van der Waals surface area (Å²) in [7, 11) is 0. The molecule has 0 radical (unpaired) electrons.